The average Bonchev–Trinajstić information content (AvgIpc) is 2.81. The van der Waals surface area contributed by atoms with Gasteiger partial charge in [0.25, 0.3) is 0 Å². The van der Waals surface area contributed by atoms with Gasteiger partial charge < -0.3 is 10.4 Å². The number of aromatic hydroxyl groups is 1. The highest BCUT2D eigenvalue weighted by molar-refractivity contribution is 5.27. The summed E-state index contributed by atoms with van der Waals surface area (Å²) in [7, 11) is 0. The quantitative estimate of drug-likeness (QED) is 0.823. The number of nitrogens with zero attached hydrogens (tertiary/aromatic N) is 2. The first kappa shape index (κ1) is 11.9. The van der Waals surface area contributed by atoms with Crippen molar-refractivity contribution in [3.05, 3.63) is 23.5 Å². The van der Waals surface area contributed by atoms with Crippen LogP contribution in [0.1, 0.15) is 17.8 Å². The Kier molecular flexibility index (Phi) is 3.22. The van der Waals surface area contributed by atoms with E-state index in [0.29, 0.717) is 5.75 Å². The molecule has 2 atom stereocenters. The topological polar surface area (TPSA) is 48.4 Å². The number of hydrogen-bond donors (Lipinski definition) is 2. The number of hydrogen-bond acceptors (Lipinski definition) is 4. The molecular formula is C14H21N3O. The van der Waals surface area contributed by atoms with Crippen LogP contribution in [0, 0.1) is 18.8 Å². The van der Waals surface area contributed by atoms with E-state index >= 15 is 0 Å². The van der Waals surface area contributed by atoms with Gasteiger partial charge in [-0.1, -0.05) is 0 Å². The van der Waals surface area contributed by atoms with Crippen LogP contribution >= 0.6 is 0 Å². The molecule has 0 amide bonds. The zero-order chi connectivity index (χ0) is 12.5. The molecular weight excluding hydrogens is 226 g/mol. The van der Waals surface area contributed by atoms with Gasteiger partial charge in [0.2, 0.25) is 0 Å². The van der Waals surface area contributed by atoms with E-state index in [0.717, 1.165) is 49.4 Å². The van der Waals surface area contributed by atoms with Gasteiger partial charge in [-0.05, 0) is 56.9 Å². The van der Waals surface area contributed by atoms with Crippen LogP contribution in [-0.2, 0) is 6.54 Å². The van der Waals surface area contributed by atoms with Crippen LogP contribution in [0.15, 0.2) is 12.1 Å². The number of aromatic nitrogens is 1. The summed E-state index contributed by atoms with van der Waals surface area (Å²) >= 11 is 0. The maximum atomic E-state index is 9.85. The molecule has 0 saturated carbocycles. The predicted octanol–water partition coefficient (Wildman–Crippen LogP) is 1.14. The van der Waals surface area contributed by atoms with Gasteiger partial charge in [0, 0.05) is 18.8 Å². The zero-order valence-corrected chi connectivity index (χ0v) is 10.9. The van der Waals surface area contributed by atoms with Crippen molar-refractivity contribution in [3.63, 3.8) is 0 Å². The van der Waals surface area contributed by atoms with Crippen LogP contribution in [0.5, 0.6) is 5.75 Å². The first-order chi connectivity index (χ1) is 8.72. The number of nitrogens with one attached hydrogen (secondary N) is 1. The lowest BCUT2D eigenvalue weighted by molar-refractivity contribution is 0.139. The molecule has 1 aromatic heterocycles. The summed E-state index contributed by atoms with van der Waals surface area (Å²) in [5, 5.41) is 13.3. The van der Waals surface area contributed by atoms with Crippen molar-refractivity contribution in [1.29, 1.82) is 0 Å². The number of aryl methyl sites for hydroxylation is 1. The number of piperidine rings is 1. The van der Waals surface area contributed by atoms with Crippen molar-refractivity contribution < 1.29 is 5.11 Å². The van der Waals surface area contributed by atoms with Crippen LogP contribution in [0.4, 0.5) is 0 Å². The van der Waals surface area contributed by atoms with Gasteiger partial charge in [-0.3, -0.25) is 9.88 Å². The minimum absolute atomic E-state index is 0.326. The molecule has 98 valence electrons. The first-order valence-corrected chi connectivity index (χ1v) is 6.81. The molecule has 2 aliphatic heterocycles. The van der Waals surface area contributed by atoms with Gasteiger partial charge >= 0.3 is 0 Å². The lowest BCUT2D eigenvalue weighted by atomic mass is 9.88. The molecule has 18 heavy (non-hydrogen) atoms. The van der Waals surface area contributed by atoms with E-state index in [9.17, 15) is 5.11 Å². The van der Waals surface area contributed by atoms with Crippen LogP contribution < -0.4 is 5.32 Å². The Bertz CT molecular complexity index is 435. The molecule has 3 rings (SSSR count). The highest BCUT2D eigenvalue weighted by Crippen LogP contribution is 2.28. The van der Waals surface area contributed by atoms with E-state index in [4.69, 9.17) is 0 Å². The van der Waals surface area contributed by atoms with Crippen molar-refractivity contribution >= 4 is 0 Å². The molecule has 2 N–H and O–H groups in total. The number of pyridine rings is 1. The van der Waals surface area contributed by atoms with E-state index in [2.05, 4.69) is 15.2 Å². The summed E-state index contributed by atoms with van der Waals surface area (Å²) in [4.78, 5) is 6.87. The third-order valence-electron chi connectivity index (χ3n) is 4.25. The second-order valence-electron chi connectivity index (χ2n) is 5.62. The van der Waals surface area contributed by atoms with Crippen LogP contribution in [0.2, 0.25) is 0 Å². The number of rotatable bonds is 2. The molecule has 4 nitrogen and oxygen atoms in total. The highest BCUT2D eigenvalue weighted by atomic mass is 16.3. The molecule has 0 spiro atoms. The van der Waals surface area contributed by atoms with Crippen LogP contribution in [0.3, 0.4) is 0 Å². The third-order valence-corrected chi connectivity index (χ3v) is 4.25. The maximum absolute atomic E-state index is 9.85. The maximum Gasteiger partial charge on any atom is 0.138 e. The monoisotopic (exact) mass is 247 g/mol. The Labute approximate surface area is 108 Å². The van der Waals surface area contributed by atoms with Gasteiger partial charge in [-0.25, -0.2) is 0 Å². The second-order valence-corrected chi connectivity index (χ2v) is 5.62. The Balaban J connectivity index is 1.67. The van der Waals surface area contributed by atoms with Gasteiger partial charge in [0.1, 0.15) is 5.75 Å². The molecule has 2 aliphatic rings. The fourth-order valence-corrected chi connectivity index (χ4v) is 3.19. The van der Waals surface area contributed by atoms with E-state index < -0.39 is 0 Å². The first-order valence-electron chi connectivity index (χ1n) is 6.81. The highest BCUT2D eigenvalue weighted by Gasteiger charge is 2.32. The van der Waals surface area contributed by atoms with Crippen molar-refractivity contribution in [3.8, 4) is 5.75 Å². The smallest absolute Gasteiger partial charge is 0.138 e. The molecule has 0 radical (unpaired) electrons. The molecule has 2 unspecified atom stereocenters. The Morgan fingerprint density at radius 1 is 1.39 bits per heavy atom. The Morgan fingerprint density at radius 2 is 2.22 bits per heavy atom. The van der Waals surface area contributed by atoms with E-state index in [-0.39, 0.29) is 0 Å². The lowest BCUT2D eigenvalue weighted by Crippen LogP contribution is -2.39. The molecule has 0 aromatic carbocycles. The molecule has 4 heteroatoms. The van der Waals surface area contributed by atoms with E-state index in [1.807, 2.05) is 13.0 Å². The molecule has 1 aromatic rings. The summed E-state index contributed by atoms with van der Waals surface area (Å²) in [6, 6.07) is 3.60. The van der Waals surface area contributed by atoms with E-state index in [1.54, 1.807) is 6.07 Å². The van der Waals surface area contributed by atoms with Gasteiger partial charge in [0.05, 0.1) is 5.69 Å². The number of likely N-dealkylation sites (tertiary alicyclic amines) is 1. The van der Waals surface area contributed by atoms with Crippen molar-refractivity contribution in [2.75, 3.05) is 26.2 Å². The molecule has 3 heterocycles. The molecule has 0 aliphatic carbocycles. The van der Waals surface area contributed by atoms with Crippen molar-refractivity contribution in [1.82, 2.24) is 15.2 Å². The predicted molar refractivity (Wildman–Crippen MR) is 70.4 cm³/mol. The minimum Gasteiger partial charge on any atom is -0.506 e. The standard InChI is InChI=1S/C14H21N3O/c1-10-2-3-14(18)13(16-10)9-17-5-4-11-6-15-7-12(11)8-17/h2-3,11-12,15,18H,4-9H2,1H3. The van der Waals surface area contributed by atoms with Crippen molar-refractivity contribution in [2.45, 2.75) is 19.9 Å². The van der Waals surface area contributed by atoms with Gasteiger partial charge in [0.15, 0.2) is 0 Å². The Morgan fingerprint density at radius 3 is 3.11 bits per heavy atom. The van der Waals surface area contributed by atoms with E-state index in [1.165, 1.54) is 13.0 Å². The zero-order valence-electron chi connectivity index (χ0n) is 10.9. The molecule has 0 bridgehead atoms. The van der Waals surface area contributed by atoms with Gasteiger partial charge in [-0.2, -0.15) is 0 Å². The van der Waals surface area contributed by atoms with Crippen LogP contribution in [0.25, 0.3) is 0 Å². The average molecular weight is 247 g/mol. The summed E-state index contributed by atoms with van der Waals surface area (Å²) < 4.78 is 0. The number of fused-ring (bicyclic) bond motifs is 1. The largest absolute Gasteiger partial charge is 0.506 e. The Hall–Kier alpha value is -1.13. The summed E-state index contributed by atoms with van der Waals surface area (Å²) in [6.07, 6.45) is 1.27. The third kappa shape index (κ3) is 2.35. The van der Waals surface area contributed by atoms with Gasteiger partial charge in [-0.15, -0.1) is 0 Å². The normalized spacial score (nSPS) is 28.3. The fourth-order valence-electron chi connectivity index (χ4n) is 3.19. The van der Waals surface area contributed by atoms with Crippen molar-refractivity contribution in [2.24, 2.45) is 11.8 Å². The molecule has 2 fully saturated rings. The summed E-state index contributed by atoms with van der Waals surface area (Å²) in [5.41, 5.74) is 1.79. The molecule has 2 saturated heterocycles. The fraction of sp³-hybridized carbons (Fsp3) is 0.643. The lowest BCUT2D eigenvalue weighted by Gasteiger charge is -2.34. The SMILES string of the molecule is Cc1ccc(O)c(CN2CCC3CNCC3C2)n1. The summed E-state index contributed by atoms with van der Waals surface area (Å²) in [5.74, 6) is 1.97. The summed E-state index contributed by atoms with van der Waals surface area (Å²) in [6.45, 7) is 7.33. The minimum atomic E-state index is 0.326. The van der Waals surface area contributed by atoms with Crippen LogP contribution in [-0.4, -0.2) is 41.2 Å². The second kappa shape index (κ2) is 4.86.